The third-order valence-corrected chi connectivity index (χ3v) is 6.92. The molecule has 1 aliphatic rings. The van der Waals surface area contributed by atoms with E-state index >= 15 is 0 Å². The Morgan fingerprint density at radius 1 is 1.24 bits per heavy atom. The van der Waals surface area contributed by atoms with Gasteiger partial charge in [0.25, 0.3) is 11.1 Å². The first-order valence-electron chi connectivity index (χ1n) is 9.70. The lowest BCUT2D eigenvalue weighted by Crippen LogP contribution is -2.32. The first kappa shape index (κ1) is 23.8. The molecule has 0 saturated carbocycles. The van der Waals surface area contributed by atoms with E-state index in [2.05, 4.69) is 36.2 Å². The smallest absolute Gasteiger partial charge is 0.293 e. The van der Waals surface area contributed by atoms with Gasteiger partial charge in [0.2, 0.25) is 0 Å². The van der Waals surface area contributed by atoms with Gasteiger partial charge in [0, 0.05) is 18.9 Å². The predicted molar refractivity (Wildman–Crippen MR) is 124 cm³/mol. The van der Waals surface area contributed by atoms with E-state index in [1.54, 1.807) is 0 Å². The quantitative estimate of drug-likeness (QED) is 0.342. The Bertz CT molecular complexity index is 895. The monoisotopic (exact) mass is 453 g/mol. The Morgan fingerprint density at radius 2 is 2.03 bits per heavy atom. The number of fused-ring (bicyclic) bond motifs is 1. The second-order valence-corrected chi connectivity index (χ2v) is 9.82. The number of halogens is 1. The minimum absolute atomic E-state index is 0. The molecule has 2 amide bonds. The van der Waals surface area contributed by atoms with E-state index in [1.165, 1.54) is 9.93 Å². The van der Waals surface area contributed by atoms with E-state index in [-0.39, 0.29) is 29.0 Å². The molecular weight excluding hydrogens is 426 g/mol. The lowest BCUT2D eigenvalue weighted by atomic mass is 9.86. The largest absolute Gasteiger partial charge is 0.294 e. The highest BCUT2D eigenvalue weighted by Gasteiger charge is 2.35. The number of carbonyl (C=O) groups is 2. The summed E-state index contributed by atoms with van der Waals surface area (Å²) in [6.07, 6.45) is 9.31. The van der Waals surface area contributed by atoms with Crippen LogP contribution in [0.1, 0.15) is 46.5 Å². The van der Waals surface area contributed by atoms with Gasteiger partial charge in [-0.2, -0.15) is 0 Å². The van der Waals surface area contributed by atoms with Crippen LogP contribution < -0.4 is 0 Å². The number of carbonyl (C=O) groups excluding carboxylic acids is 2. The molecule has 1 aliphatic heterocycles. The highest BCUT2D eigenvalue weighted by Crippen LogP contribution is 2.34. The van der Waals surface area contributed by atoms with Gasteiger partial charge in [0.05, 0.1) is 9.93 Å². The SMILES string of the molecule is CCCC=C1SC(=O)N(CCC(C)(C)CCSc2cccc3nccn23)C1=O.Cl. The van der Waals surface area contributed by atoms with Gasteiger partial charge in [-0.3, -0.25) is 18.9 Å². The summed E-state index contributed by atoms with van der Waals surface area (Å²) < 4.78 is 2.10. The maximum Gasteiger partial charge on any atom is 0.293 e. The molecule has 0 aliphatic carbocycles. The summed E-state index contributed by atoms with van der Waals surface area (Å²) in [7, 11) is 0. The number of unbranched alkanes of at least 4 members (excludes halogenated alkanes) is 1. The fourth-order valence-corrected chi connectivity index (χ4v) is 5.22. The van der Waals surface area contributed by atoms with Crippen molar-refractivity contribution in [3.05, 3.63) is 41.6 Å². The lowest BCUT2D eigenvalue weighted by molar-refractivity contribution is -0.123. The first-order valence-corrected chi connectivity index (χ1v) is 11.5. The molecule has 5 nitrogen and oxygen atoms in total. The Labute approximate surface area is 187 Å². The molecule has 0 N–H and O–H groups in total. The van der Waals surface area contributed by atoms with Crippen molar-refractivity contribution >= 4 is 52.7 Å². The average molecular weight is 454 g/mol. The molecule has 0 aromatic carbocycles. The molecule has 3 rings (SSSR count). The Hall–Kier alpha value is -1.44. The molecule has 8 heteroatoms. The number of pyridine rings is 1. The van der Waals surface area contributed by atoms with Crippen LogP contribution in [0.5, 0.6) is 0 Å². The van der Waals surface area contributed by atoms with E-state index < -0.39 is 0 Å². The van der Waals surface area contributed by atoms with Crippen LogP contribution in [0.15, 0.2) is 46.6 Å². The molecular formula is C21H28ClN3O2S2. The van der Waals surface area contributed by atoms with Crippen molar-refractivity contribution in [2.75, 3.05) is 12.3 Å². The Kier molecular flexibility index (Phi) is 8.67. The Morgan fingerprint density at radius 3 is 2.79 bits per heavy atom. The zero-order chi connectivity index (χ0) is 20.1. The zero-order valence-electron chi connectivity index (χ0n) is 17.1. The van der Waals surface area contributed by atoms with Gasteiger partial charge in [-0.25, -0.2) is 4.98 Å². The van der Waals surface area contributed by atoms with Crippen molar-refractivity contribution < 1.29 is 9.59 Å². The Balaban J connectivity index is 0.00000300. The van der Waals surface area contributed by atoms with Gasteiger partial charge < -0.3 is 0 Å². The molecule has 0 spiro atoms. The minimum atomic E-state index is -0.135. The zero-order valence-corrected chi connectivity index (χ0v) is 19.5. The molecule has 2 aromatic rings. The molecule has 29 heavy (non-hydrogen) atoms. The molecule has 1 fully saturated rings. The summed E-state index contributed by atoms with van der Waals surface area (Å²) in [5, 5.41) is 1.04. The standard InChI is InChI=1S/C21H27N3O2S2.ClH/c1-4-5-7-16-19(25)24(20(26)28-16)13-10-21(2,3)11-15-27-18-9-6-8-17-22-12-14-23(17)18;/h6-9,12,14H,4-5,10-11,13,15H2,1-3H3;1H. The first-order chi connectivity index (χ1) is 13.4. The topological polar surface area (TPSA) is 54.7 Å². The van der Waals surface area contributed by atoms with Crippen molar-refractivity contribution in [2.24, 2.45) is 5.41 Å². The number of rotatable bonds is 9. The fourth-order valence-electron chi connectivity index (χ4n) is 3.02. The van der Waals surface area contributed by atoms with Gasteiger partial charge in [-0.1, -0.05) is 39.3 Å². The van der Waals surface area contributed by atoms with Gasteiger partial charge in [0.1, 0.15) is 5.65 Å². The van der Waals surface area contributed by atoms with E-state index in [9.17, 15) is 9.59 Å². The van der Waals surface area contributed by atoms with E-state index in [4.69, 9.17) is 0 Å². The van der Waals surface area contributed by atoms with Gasteiger partial charge in [-0.05, 0) is 54.3 Å². The maximum absolute atomic E-state index is 12.4. The van der Waals surface area contributed by atoms with E-state index in [0.29, 0.717) is 11.4 Å². The van der Waals surface area contributed by atoms with Crippen LogP contribution in [-0.4, -0.2) is 37.7 Å². The average Bonchev–Trinajstić information content (AvgIpc) is 3.23. The number of hydrogen-bond acceptors (Lipinski definition) is 5. The molecule has 2 aromatic heterocycles. The fraction of sp³-hybridized carbons (Fsp3) is 0.476. The van der Waals surface area contributed by atoms with Crippen LogP contribution in [-0.2, 0) is 4.79 Å². The van der Waals surface area contributed by atoms with Crippen LogP contribution in [0.3, 0.4) is 0 Å². The van der Waals surface area contributed by atoms with Gasteiger partial charge in [0.15, 0.2) is 0 Å². The third-order valence-electron chi connectivity index (χ3n) is 4.92. The normalized spacial score (nSPS) is 16.1. The van der Waals surface area contributed by atoms with Crippen molar-refractivity contribution in [3.8, 4) is 0 Å². The maximum atomic E-state index is 12.4. The summed E-state index contributed by atoms with van der Waals surface area (Å²) in [6.45, 7) is 6.96. The third kappa shape index (κ3) is 6.03. The van der Waals surface area contributed by atoms with Gasteiger partial charge in [-0.15, -0.1) is 24.2 Å². The summed E-state index contributed by atoms with van der Waals surface area (Å²) >= 11 is 2.89. The van der Waals surface area contributed by atoms with Crippen molar-refractivity contribution in [1.82, 2.24) is 14.3 Å². The summed E-state index contributed by atoms with van der Waals surface area (Å²) in [6, 6.07) is 6.14. The summed E-state index contributed by atoms with van der Waals surface area (Å²) in [5.41, 5.74) is 1.01. The van der Waals surface area contributed by atoms with Crippen LogP contribution in [0, 0.1) is 5.41 Å². The number of aromatic nitrogens is 2. The number of amides is 2. The van der Waals surface area contributed by atoms with Crippen molar-refractivity contribution in [3.63, 3.8) is 0 Å². The molecule has 0 radical (unpaired) electrons. The number of hydrogen-bond donors (Lipinski definition) is 0. The van der Waals surface area contributed by atoms with Crippen LogP contribution in [0.25, 0.3) is 5.65 Å². The lowest BCUT2D eigenvalue weighted by Gasteiger charge is -2.26. The van der Waals surface area contributed by atoms with E-state index in [1.807, 2.05) is 42.4 Å². The van der Waals surface area contributed by atoms with Crippen LogP contribution in [0.2, 0.25) is 0 Å². The second-order valence-electron chi connectivity index (χ2n) is 7.71. The minimum Gasteiger partial charge on any atom is -0.294 e. The molecule has 3 heterocycles. The molecule has 0 bridgehead atoms. The highest BCUT2D eigenvalue weighted by atomic mass is 35.5. The number of nitrogens with zero attached hydrogens (tertiary/aromatic N) is 3. The number of thioether (sulfide) groups is 2. The van der Waals surface area contributed by atoms with Gasteiger partial charge >= 0.3 is 0 Å². The molecule has 0 atom stereocenters. The van der Waals surface area contributed by atoms with Crippen molar-refractivity contribution in [2.45, 2.75) is 51.5 Å². The number of allylic oxidation sites excluding steroid dienone is 1. The summed E-state index contributed by atoms with van der Waals surface area (Å²) in [4.78, 5) is 31.0. The van der Waals surface area contributed by atoms with Crippen LogP contribution in [0.4, 0.5) is 4.79 Å². The van der Waals surface area contributed by atoms with E-state index in [0.717, 1.165) is 48.8 Å². The molecule has 1 saturated heterocycles. The summed E-state index contributed by atoms with van der Waals surface area (Å²) in [5.74, 6) is 0.850. The predicted octanol–water partition coefficient (Wildman–Crippen LogP) is 6.03. The van der Waals surface area contributed by atoms with Crippen molar-refractivity contribution in [1.29, 1.82) is 0 Å². The highest BCUT2D eigenvalue weighted by molar-refractivity contribution is 8.18. The van der Waals surface area contributed by atoms with Crippen LogP contribution >= 0.6 is 35.9 Å². The second kappa shape index (κ2) is 10.5. The number of imidazole rings is 1. The molecule has 0 unspecified atom stereocenters. The number of imide groups is 1. The molecule has 158 valence electrons.